The van der Waals surface area contributed by atoms with Crippen LogP contribution in [0, 0.1) is 0 Å². The largest absolute Gasteiger partial charge is 0.479 e. The third-order valence-corrected chi connectivity index (χ3v) is 7.98. The first-order valence-corrected chi connectivity index (χ1v) is 17.7. The van der Waals surface area contributed by atoms with Gasteiger partial charge in [0.25, 0.3) is 0 Å². The Balaban J connectivity index is 4.18. The third kappa shape index (κ3) is 22.8. The fourth-order valence-corrected chi connectivity index (χ4v) is 5.07. The Labute approximate surface area is 278 Å². The van der Waals surface area contributed by atoms with Crippen LogP contribution in [-0.2, 0) is 14.4 Å². The fourth-order valence-electron chi connectivity index (χ4n) is 5.07. The van der Waals surface area contributed by atoms with Crippen LogP contribution in [0.2, 0.25) is 0 Å². The predicted molar refractivity (Wildman–Crippen MR) is 187 cm³/mol. The molecule has 1 unspecified atom stereocenters. The van der Waals surface area contributed by atoms with E-state index in [1.807, 2.05) is 0 Å². The molecule has 0 amide bonds. The molecule has 0 aromatic heterocycles. The molecule has 0 saturated carbocycles. The Morgan fingerprint density at radius 3 is 1.24 bits per heavy atom. The van der Waals surface area contributed by atoms with Gasteiger partial charge < -0.3 is 15.3 Å². The molecule has 0 heterocycles. The van der Waals surface area contributed by atoms with E-state index in [1.165, 1.54) is 0 Å². The SMILES string of the molecule is [2H]CCCCC/C=C\C/C=C\CCCCCCCC(=O)C(O)(C(=O)CCCCCCC/C=C\C/C=C\CCCCC[2H])C(O)C(=O)O. The quantitative estimate of drug-likeness (QED) is 0.0387. The summed E-state index contributed by atoms with van der Waals surface area (Å²) in [5.74, 6) is -3.59. The van der Waals surface area contributed by atoms with Gasteiger partial charge in [0.15, 0.2) is 17.7 Å². The average Bonchev–Trinajstić information content (AvgIpc) is 3.06. The highest BCUT2D eigenvalue weighted by Gasteiger charge is 2.51. The molecule has 0 spiro atoms. The lowest BCUT2D eigenvalue weighted by Crippen LogP contribution is -2.58. The van der Waals surface area contributed by atoms with E-state index in [4.69, 9.17) is 2.74 Å². The van der Waals surface area contributed by atoms with Gasteiger partial charge in [-0.3, -0.25) is 9.59 Å². The minimum Gasteiger partial charge on any atom is -0.479 e. The summed E-state index contributed by atoms with van der Waals surface area (Å²) in [6.07, 6.45) is 35.3. The van der Waals surface area contributed by atoms with Crippen molar-refractivity contribution in [2.75, 3.05) is 0 Å². The summed E-state index contributed by atoms with van der Waals surface area (Å²) in [6.45, 7) is 1.03. The van der Waals surface area contributed by atoms with E-state index in [1.54, 1.807) is 0 Å². The molecule has 45 heavy (non-hydrogen) atoms. The molecule has 6 nitrogen and oxygen atoms in total. The Morgan fingerprint density at radius 1 is 0.556 bits per heavy atom. The number of Topliss-reactive ketones (excluding diaryl/α,β-unsaturated/α-hetero) is 2. The molecule has 0 aromatic carbocycles. The van der Waals surface area contributed by atoms with Crippen LogP contribution in [0.5, 0.6) is 0 Å². The van der Waals surface area contributed by atoms with Gasteiger partial charge >= 0.3 is 5.97 Å². The van der Waals surface area contributed by atoms with Crippen molar-refractivity contribution in [1.82, 2.24) is 0 Å². The maximum atomic E-state index is 12.8. The molecule has 0 aliphatic carbocycles. The lowest BCUT2D eigenvalue weighted by Gasteiger charge is -2.28. The van der Waals surface area contributed by atoms with Crippen molar-refractivity contribution >= 4 is 17.5 Å². The molecule has 0 radical (unpaired) electrons. The smallest absolute Gasteiger partial charge is 0.336 e. The summed E-state index contributed by atoms with van der Waals surface area (Å²) in [7, 11) is 0. The Kier molecular flexibility index (Phi) is 26.2. The second-order valence-electron chi connectivity index (χ2n) is 12.0. The van der Waals surface area contributed by atoms with Gasteiger partial charge in [-0.1, -0.05) is 127 Å². The number of carbonyl (C=O) groups excluding carboxylic acids is 2. The third-order valence-electron chi connectivity index (χ3n) is 7.98. The second kappa shape index (κ2) is 30.3. The minimum atomic E-state index is -2.89. The van der Waals surface area contributed by atoms with Crippen LogP contribution < -0.4 is 0 Å². The summed E-state index contributed by atoms with van der Waals surface area (Å²) in [5, 5.41) is 30.3. The lowest BCUT2D eigenvalue weighted by molar-refractivity contribution is -0.177. The molecule has 0 fully saturated rings. The highest BCUT2D eigenvalue weighted by atomic mass is 16.4. The van der Waals surface area contributed by atoms with E-state index in [0.717, 1.165) is 128 Å². The number of hydrogen-bond acceptors (Lipinski definition) is 5. The van der Waals surface area contributed by atoms with E-state index in [2.05, 4.69) is 48.6 Å². The number of carboxylic acid groups (broad SMARTS) is 1. The molecule has 6 heteroatoms. The van der Waals surface area contributed by atoms with E-state index < -0.39 is 29.2 Å². The zero-order valence-corrected chi connectivity index (χ0v) is 28.1. The van der Waals surface area contributed by atoms with Crippen molar-refractivity contribution in [3.05, 3.63) is 48.6 Å². The number of rotatable bonds is 32. The Hall–Kier alpha value is -2.31. The zero-order chi connectivity index (χ0) is 34.9. The van der Waals surface area contributed by atoms with Crippen LogP contribution in [-0.4, -0.2) is 44.6 Å². The number of aliphatic hydroxyl groups excluding tert-OH is 1. The lowest BCUT2D eigenvalue weighted by atomic mass is 9.82. The predicted octanol–water partition coefficient (Wildman–Crippen LogP) is 9.93. The summed E-state index contributed by atoms with van der Waals surface area (Å²) in [6, 6.07) is 0. The van der Waals surface area contributed by atoms with Gasteiger partial charge in [-0.05, 0) is 77.0 Å². The number of hydrogen-bond donors (Lipinski definition) is 3. The monoisotopic (exact) mass is 632 g/mol. The van der Waals surface area contributed by atoms with Crippen molar-refractivity contribution in [2.24, 2.45) is 0 Å². The van der Waals surface area contributed by atoms with Crippen LogP contribution in [0.25, 0.3) is 0 Å². The zero-order valence-electron chi connectivity index (χ0n) is 30.1. The van der Waals surface area contributed by atoms with Crippen LogP contribution in [0.15, 0.2) is 48.6 Å². The summed E-state index contributed by atoms with van der Waals surface area (Å²) in [5.41, 5.74) is -2.89. The van der Waals surface area contributed by atoms with Crippen LogP contribution >= 0.6 is 0 Å². The van der Waals surface area contributed by atoms with Gasteiger partial charge in [-0.15, -0.1) is 0 Å². The first kappa shape index (κ1) is 38.9. The molecular formula is C39H66O6. The molecule has 258 valence electrons. The van der Waals surface area contributed by atoms with Gasteiger partial charge in [0.2, 0.25) is 5.60 Å². The van der Waals surface area contributed by atoms with Gasteiger partial charge in [0.1, 0.15) is 0 Å². The summed E-state index contributed by atoms with van der Waals surface area (Å²) in [4.78, 5) is 37.1. The summed E-state index contributed by atoms with van der Waals surface area (Å²) < 4.78 is 14.3. The van der Waals surface area contributed by atoms with Crippen molar-refractivity contribution in [3.8, 4) is 0 Å². The number of carbonyl (C=O) groups is 3. The summed E-state index contributed by atoms with van der Waals surface area (Å²) >= 11 is 0. The molecule has 0 aliphatic heterocycles. The second-order valence-corrected chi connectivity index (χ2v) is 12.0. The number of aliphatic hydroxyl groups is 2. The van der Waals surface area contributed by atoms with Crippen molar-refractivity contribution in [2.45, 2.75) is 180 Å². The van der Waals surface area contributed by atoms with Crippen LogP contribution in [0.3, 0.4) is 0 Å². The number of unbranched alkanes of at least 4 members (excludes halogenated alkanes) is 16. The molecule has 3 N–H and O–H groups in total. The number of allylic oxidation sites excluding steroid dienone is 8. The fraction of sp³-hybridized carbons (Fsp3) is 0.718. The van der Waals surface area contributed by atoms with Crippen molar-refractivity contribution < 1.29 is 32.4 Å². The standard InChI is InChI=1S/C39H66O6/c1-3-5-7-9-11-13-15-17-19-21-23-25-27-29-31-33-35(40)39(45,37(42)38(43)44)36(41)34-32-30-28-26-24-22-20-18-16-14-12-10-8-6-4-2/h11-14,17-20,37,42,45H,3-10,15-16,21-34H2,1-2H3,(H,43,44)/b13-11-,14-12-,19-17-,20-18-/i1D,2D. The van der Waals surface area contributed by atoms with Crippen molar-refractivity contribution in [1.29, 1.82) is 0 Å². The molecule has 0 bridgehead atoms. The first-order valence-electron chi connectivity index (χ1n) is 19.1. The van der Waals surface area contributed by atoms with Gasteiger partial charge in [-0.2, -0.15) is 0 Å². The number of ketones is 2. The van der Waals surface area contributed by atoms with Gasteiger partial charge in [-0.25, -0.2) is 4.79 Å². The number of carboxylic acids is 1. The molecular weight excluding hydrogens is 564 g/mol. The molecule has 0 rings (SSSR count). The Bertz CT molecular complexity index is 851. The normalized spacial score (nSPS) is 13.7. The first-order chi connectivity index (χ1) is 22.8. The molecule has 1 atom stereocenters. The van der Waals surface area contributed by atoms with E-state index in [-0.39, 0.29) is 12.8 Å². The maximum absolute atomic E-state index is 12.8. The maximum Gasteiger partial charge on any atom is 0.336 e. The highest BCUT2D eigenvalue weighted by molar-refractivity contribution is 6.13. The average molecular weight is 633 g/mol. The van der Waals surface area contributed by atoms with Gasteiger partial charge in [0, 0.05) is 15.6 Å². The van der Waals surface area contributed by atoms with Crippen LogP contribution in [0.1, 0.15) is 171 Å². The minimum absolute atomic E-state index is 0.141. The molecule has 0 saturated heterocycles. The Morgan fingerprint density at radius 2 is 0.889 bits per heavy atom. The van der Waals surface area contributed by atoms with E-state index in [0.29, 0.717) is 26.6 Å². The topological polar surface area (TPSA) is 112 Å². The van der Waals surface area contributed by atoms with Crippen LogP contribution in [0.4, 0.5) is 0 Å². The van der Waals surface area contributed by atoms with E-state index >= 15 is 0 Å². The molecule has 0 aliphatic rings. The van der Waals surface area contributed by atoms with Crippen molar-refractivity contribution in [3.63, 3.8) is 0 Å². The van der Waals surface area contributed by atoms with E-state index in [9.17, 15) is 29.7 Å². The highest BCUT2D eigenvalue weighted by Crippen LogP contribution is 2.22. The number of aliphatic carboxylic acids is 1. The van der Waals surface area contributed by atoms with Gasteiger partial charge in [0.05, 0.1) is 0 Å². The molecule has 0 aromatic rings.